The maximum Gasteiger partial charge on any atom is 0.0543 e. The molecule has 0 aliphatic heterocycles. The smallest absolute Gasteiger partial charge is 0.0543 e. The molecule has 0 spiro atoms. The van der Waals surface area contributed by atoms with Gasteiger partial charge in [0.1, 0.15) is 0 Å². The first-order valence-corrected chi connectivity index (χ1v) is 12.5. The fourth-order valence-electron chi connectivity index (χ4n) is 9.35. The van der Waals surface area contributed by atoms with E-state index in [-0.39, 0.29) is 6.10 Å². The van der Waals surface area contributed by atoms with Crippen LogP contribution in [0.4, 0.5) is 0 Å². The molecule has 1 N–H and O–H groups in total. The van der Waals surface area contributed by atoms with Crippen molar-refractivity contribution in [3.05, 3.63) is 0 Å². The molecule has 4 fully saturated rings. The van der Waals surface area contributed by atoms with Crippen LogP contribution in [0.3, 0.4) is 0 Å². The van der Waals surface area contributed by atoms with E-state index in [0.717, 1.165) is 42.4 Å². The summed E-state index contributed by atoms with van der Waals surface area (Å²) in [6.45, 7) is 12.9. The van der Waals surface area contributed by atoms with Crippen molar-refractivity contribution < 1.29 is 5.11 Å². The fraction of sp³-hybridized carbons (Fsp3) is 1.00. The zero-order chi connectivity index (χ0) is 19.4. The SMILES string of the molecule is CCCCC1CCC2(C)C3C[C@H](CC)C4C[C@H](O)CCC4(C)C3CCC12C. The van der Waals surface area contributed by atoms with Crippen LogP contribution in [0.5, 0.6) is 0 Å². The Morgan fingerprint density at radius 3 is 2.26 bits per heavy atom. The zero-order valence-corrected chi connectivity index (χ0v) is 18.9. The Balaban J connectivity index is 1.66. The lowest BCUT2D eigenvalue weighted by molar-refractivity contribution is -0.182. The number of aliphatic hydroxyl groups excluding tert-OH is 1. The van der Waals surface area contributed by atoms with Gasteiger partial charge in [0.05, 0.1) is 6.10 Å². The topological polar surface area (TPSA) is 20.2 Å². The molecule has 0 heterocycles. The third-order valence-corrected chi connectivity index (χ3v) is 11.3. The molecule has 1 heteroatoms. The minimum atomic E-state index is -0.0250. The molecule has 1 nitrogen and oxygen atoms in total. The summed E-state index contributed by atoms with van der Waals surface area (Å²) in [7, 11) is 0. The molecular weight excluding hydrogens is 328 g/mol. The standard InChI is InChI=1S/C26H46O/c1-6-8-9-19-10-14-26(5)23-16-18(7-2)22-17-20(27)11-13-24(22,3)21(23)12-15-25(19,26)4/h18-23,27H,6-17H2,1-5H3/t18-,19?,20+,21?,22?,23?,24?,25?,26?/m0/s1. The third kappa shape index (κ3) is 2.80. The Morgan fingerprint density at radius 2 is 1.56 bits per heavy atom. The second kappa shape index (κ2) is 7.03. The van der Waals surface area contributed by atoms with E-state index in [4.69, 9.17) is 0 Å². The predicted octanol–water partition coefficient (Wildman–Crippen LogP) is 7.22. The highest BCUT2D eigenvalue weighted by atomic mass is 16.3. The van der Waals surface area contributed by atoms with Crippen LogP contribution in [-0.2, 0) is 0 Å². The van der Waals surface area contributed by atoms with Crippen LogP contribution in [0.2, 0.25) is 0 Å². The molecule has 4 rings (SSSR count). The highest BCUT2D eigenvalue weighted by molar-refractivity contribution is 5.15. The van der Waals surface area contributed by atoms with Gasteiger partial charge < -0.3 is 5.11 Å². The first-order chi connectivity index (χ1) is 12.8. The highest BCUT2D eigenvalue weighted by Crippen LogP contribution is 2.73. The average Bonchev–Trinajstić information content (AvgIpc) is 2.91. The minimum Gasteiger partial charge on any atom is -0.393 e. The predicted molar refractivity (Wildman–Crippen MR) is 115 cm³/mol. The van der Waals surface area contributed by atoms with Crippen LogP contribution in [-0.4, -0.2) is 11.2 Å². The fourth-order valence-corrected chi connectivity index (χ4v) is 9.35. The lowest BCUT2D eigenvalue weighted by Gasteiger charge is -2.66. The van der Waals surface area contributed by atoms with Crippen LogP contribution >= 0.6 is 0 Å². The van der Waals surface area contributed by atoms with Gasteiger partial charge in [-0.05, 0) is 104 Å². The van der Waals surface area contributed by atoms with Crippen LogP contribution in [0.1, 0.15) is 112 Å². The lowest BCUT2D eigenvalue weighted by Crippen LogP contribution is -2.59. The summed E-state index contributed by atoms with van der Waals surface area (Å²) in [4.78, 5) is 0. The van der Waals surface area contributed by atoms with E-state index in [2.05, 4.69) is 34.6 Å². The Hall–Kier alpha value is -0.0400. The van der Waals surface area contributed by atoms with Gasteiger partial charge >= 0.3 is 0 Å². The summed E-state index contributed by atoms with van der Waals surface area (Å²) in [6.07, 6.45) is 16.4. The maximum absolute atomic E-state index is 10.4. The molecule has 9 atom stereocenters. The van der Waals surface area contributed by atoms with Gasteiger partial charge in [0, 0.05) is 0 Å². The Bertz CT molecular complexity index is 542. The van der Waals surface area contributed by atoms with Gasteiger partial charge in [0.25, 0.3) is 0 Å². The summed E-state index contributed by atoms with van der Waals surface area (Å²) in [5.74, 6) is 4.45. The molecule has 4 aliphatic rings. The molecule has 4 saturated carbocycles. The van der Waals surface area contributed by atoms with Gasteiger partial charge in [-0.1, -0.05) is 53.9 Å². The molecule has 0 aromatic heterocycles. The number of hydrogen-bond acceptors (Lipinski definition) is 1. The highest BCUT2D eigenvalue weighted by Gasteiger charge is 2.66. The summed E-state index contributed by atoms with van der Waals surface area (Å²) in [5.41, 5.74) is 1.64. The van der Waals surface area contributed by atoms with E-state index in [1.54, 1.807) is 0 Å². The van der Waals surface area contributed by atoms with Crippen molar-refractivity contribution in [2.45, 2.75) is 118 Å². The zero-order valence-electron chi connectivity index (χ0n) is 18.9. The van der Waals surface area contributed by atoms with Crippen LogP contribution in [0.15, 0.2) is 0 Å². The van der Waals surface area contributed by atoms with E-state index in [1.807, 2.05) is 0 Å². The minimum absolute atomic E-state index is 0.0250. The van der Waals surface area contributed by atoms with Crippen molar-refractivity contribution in [2.24, 2.45) is 45.8 Å². The first-order valence-electron chi connectivity index (χ1n) is 12.5. The van der Waals surface area contributed by atoms with Crippen molar-refractivity contribution >= 4 is 0 Å². The number of rotatable bonds is 4. The molecular formula is C26H46O. The van der Waals surface area contributed by atoms with Crippen molar-refractivity contribution in [2.75, 3.05) is 0 Å². The molecule has 0 aromatic rings. The number of fused-ring (bicyclic) bond motifs is 5. The largest absolute Gasteiger partial charge is 0.393 e. The Labute approximate surface area is 169 Å². The summed E-state index contributed by atoms with van der Waals surface area (Å²) < 4.78 is 0. The van der Waals surface area contributed by atoms with Crippen molar-refractivity contribution in [1.29, 1.82) is 0 Å². The maximum atomic E-state index is 10.4. The molecule has 4 aliphatic carbocycles. The van der Waals surface area contributed by atoms with E-state index in [1.165, 1.54) is 64.2 Å². The number of hydrogen-bond donors (Lipinski definition) is 1. The summed E-state index contributed by atoms with van der Waals surface area (Å²) in [6, 6.07) is 0. The monoisotopic (exact) mass is 374 g/mol. The second-order valence-electron chi connectivity index (χ2n) is 11.9. The van der Waals surface area contributed by atoms with Crippen LogP contribution in [0, 0.1) is 45.8 Å². The number of aliphatic hydroxyl groups is 1. The van der Waals surface area contributed by atoms with Gasteiger partial charge in [-0.15, -0.1) is 0 Å². The first kappa shape index (κ1) is 20.2. The van der Waals surface area contributed by atoms with E-state index in [0.29, 0.717) is 16.2 Å². The van der Waals surface area contributed by atoms with Gasteiger partial charge in [0.2, 0.25) is 0 Å². The Kier molecular flexibility index (Phi) is 5.27. The van der Waals surface area contributed by atoms with E-state index >= 15 is 0 Å². The van der Waals surface area contributed by atoms with Crippen molar-refractivity contribution in [3.8, 4) is 0 Å². The summed E-state index contributed by atoms with van der Waals surface area (Å²) in [5, 5.41) is 10.4. The Morgan fingerprint density at radius 1 is 0.815 bits per heavy atom. The molecule has 0 amide bonds. The molecule has 156 valence electrons. The van der Waals surface area contributed by atoms with Crippen molar-refractivity contribution in [3.63, 3.8) is 0 Å². The summed E-state index contributed by atoms with van der Waals surface area (Å²) >= 11 is 0. The molecule has 0 saturated heterocycles. The van der Waals surface area contributed by atoms with E-state index in [9.17, 15) is 5.11 Å². The normalized spacial score (nSPS) is 54.9. The van der Waals surface area contributed by atoms with Gasteiger partial charge in [-0.2, -0.15) is 0 Å². The van der Waals surface area contributed by atoms with Crippen LogP contribution in [0.25, 0.3) is 0 Å². The molecule has 7 unspecified atom stereocenters. The second-order valence-corrected chi connectivity index (χ2v) is 11.9. The molecule has 0 aromatic carbocycles. The van der Waals surface area contributed by atoms with Gasteiger partial charge in [-0.25, -0.2) is 0 Å². The van der Waals surface area contributed by atoms with Crippen molar-refractivity contribution in [1.82, 2.24) is 0 Å². The number of unbranched alkanes of at least 4 members (excludes halogenated alkanes) is 1. The lowest BCUT2D eigenvalue weighted by atomic mass is 9.39. The van der Waals surface area contributed by atoms with Gasteiger partial charge in [0.15, 0.2) is 0 Å². The third-order valence-electron chi connectivity index (χ3n) is 11.3. The molecule has 0 bridgehead atoms. The van der Waals surface area contributed by atoms with Gasteiger partial charge in [-0.3, -0.25) is 0 Å². The quantitative estimate of drug-likeness (QED) is 0.550. The van der Waals surface area contributed by atoms with Crippen LogP contribution < -0.4 is 0 Å². The van der Waals surface area contributed by atoms with E-state index < -0.39 is 0 Å². The molecule has 0 radical (unpaired) electrons. The molecule has 27 heavy (non-hydrogen) atoms. The average molecular weight is 375 g/mol.